The number of hydrogen-bond acceptors (Lipinski definition) is 3. The summed E-state index contributed by atoms with van der Waals surface area (Å²) in [6, 6.07) is 11.5. The van der Waals surface area contributed by atoms with Crippen LogP contribution in [0.3, 0.4) is 0 Å². The van der Waals surface area contributed by atoms with Gasteiger partial charge in [0.2, 0.25) is 0 Å². The normalized spacial score (nSPS) is 20.2. The molecule has 0 spiro atoms. The fourth-order valence-electron chi connectivity index (χ4n) is 3.43. The van der Waals surface area contributed by atoms with Gasteiger partial charge in [0, 0.05) is 12.7 Å². The first-order chi connectivity index (χ1) is 12.1. The number of carbonyl (C=O) groups excluding carboxylic acids is 1. The van der Waals surface area contributed by atoms with Crippen molar-refractivity contribution in [1.29, 1.82) is 0 Å². The molecule has 0 aliphatic carbocycles. The molecule has 1 aromatic carbocycles. The van der Waals surface area contributed by atoms with E-state index in [-0.39, 0.29) is 29.8 Å². The summed E-state index contributed by atoms with van der Waals surface area (Å²) in [6.07, 6.45) is 2.64. The van der Waals surface area contributed by atoms with E-state index in [9.17, 15) is 9.18 Å². The zero-order valence-electron chi connectivity index (χ0n) is 13.8. The lowest BCUT2D eigenvalue weighted by Crippen LogP contribution is -2.35. The number of benzene rings is 1. The number of aromatic nitrogens is 3. The van der Waals surface area contributed by atoms with Gasteiger partial charge in [-0.2, -0.15) is 4.98 Å². The van der Waals surface area contributed by atoms with Crippen LogP contribution in [-0.4, -0.2) is 32.1 Å². The molecule has 128 valence electrons. The lowest BCUT2D eigenvalue weighted by atomic mass is 9.95. The van der Waals surface area contributed by atoms with Crippen molar-refractivity contribution in [3.05, 3.63) is 60.0 Å². The number of likely N-dealkylation sites (tertiary alicyclic amines) is 1. The van der Waals surface area contributed by atoms with Crippen molar-refractivity contribution >= 4 is 17.6 Å². The van der Waals surface area contributed by atoms with Crippen LogP contribution >= 0.6 is 0 Å². The third kappa shape index (κ3) is 2.93. The van der Waals surface area contributed by atoms with E-state index in [4.69, 9.17) is 0 Å². The molecular weight excluding hydrogens is 321 g/mol. The summed E-state index contributed by atoms with van der Waals surface area (Å²) < 4.78 is 15.2. The highest BCUT2D eigenvalue weighted by molar-refractivity contribution is 5.88. The van der Waals surface area contributed by atoms with Crippen LogP contribution in [0.5, 0.6) is 0 Å². The minimum absolute atomic E-state index is 0.160. The van der Waals surface area contributed by atoms with Crippen LogP contribution in [0.1, 0.15) is 24.9 Å². The summed E-state index contributed by atoms with van der Waals surface area (Å²) in [5.74, 6) is 0.217. The fraction of sp³-hybridized carbons (Fsp3) is 0.278. The van der Waals surface area contributed by atoms with Crippen LogP contribution in [0, 0.1) is 11.7 Å². The van der Waals surface area contributed by atoms with Gasteiger partial charge in [0.05, 0.1) is 6.04 Å². The Bertz CT molecular complexity index is 891. The molecule has 2 aromatic heterocycles. The zero-order chi connectivity index (χ0) is 17.4. The number of urea groups is 1. The molecule has 0 radical (unpaired) electrons. The Morgan fingerprint density at radius 3 is 2.96 bits per heavy atom. The molecule has 3 heterocycles. The molecule has 0 unspecified atom stereocenters. The summed E-state index contributed by atoms with van der Waals surface area (Å²) in [5, 5.41) is 7.00. The minimum Gasteiger partial charge on any atom is -0.317 e. The molecule has 4 rings (SSSR count). The van der Waals surface area contributed by atoms with E-state index in [2.05, 4.69) is 22.3 Å². The molecule has 7 heteroatoms. The van der Waals surface area contributed by atoms with Crippen LogP contribution in [0.25, 0.3) is 5.65 Å². The Balaban J connectivity index is 1.57. The number of carbonyl (C=O) groups is 1. The SMILES string of the molecule is C[C@@H]1CCN(C(=O)Nc2nc3ccccn3n2)[C@H]1c1cccc(F)c1. The number of rotatable bonds is 2. The summed E-state index contributed by atoms with van der Waals surface area (Å²) in [6.45, 7) is 2.69. The highest BCUT2D eigenvalue weighted by atomic mass is 19.1. The molecular formula is C18H18FN5O. The molecule has 3 aromatic rings. The Kier molecular flexibility index (Phi) is 3.83. The number of halogens is 1. The second kappa shape index (κ2) is 6.16. The van der Waals surface area contributed by atoms with Crippen LogP contribution < -0.4 is 5.32 Å². The van der Waals surface area contributed by atoms with Gasteiger partial charge in [-0.3, -0.25) is 5.32 Å². The topological polar surface area (TPSA) is 62.5 Å². The van der Waals surface area contributed by atoms with Crippen LogP contribution in [0.4, 0.5) is 15.1 Å². The number of fused-ring (bicyclic) bond motifs is 1. The zero-order valence-corrected chi connectivity index (χ0v) is 13.8. The van der Waals surface area contributed by atoms with Gasteiger partial charge < -0.3 is 4.90 Å². The maximum Gasteiger partial charge on any atom is 0.324 e. The van der Waals surface area contributed by atoms with Gasteiger partial charge in [0.15, 0.2) is 5.65 Å². The predicted octanol–water partition coefficient (Wildman–Crippen LogP) is 3.48. The van der Waals surface area contributed by atoms with E-state index in [0.717, 1.165) is 12.0 Å². The van der Waals surface area contributed by atoms with E-state index in [0.29, 0.717) is 12.2 Å². The van der Waals surface area contributed by atoms with Crippen LogP contribution in [0.15, 0.2) is 48.7 Å². The van der Waals surface area contributed by atoms with Gasteiger partial charge in [-0.15, -0.1) is 5.10 Å². The smallest absolute Gasteiger partial charge is 0.317 e. The Morgan fingerprint density at radius 1 is 1.28 bits per heavy atom. The van der Waals surface area contributed by atoms with Crippen molar-refractivity contribution in [2.75, 3.05) is 11.9 Å². The second-order valence-corrected chi connectivity index (χ2v) is 6.33. The summed E-state index contributed by atoms with van der Waals surface area (Å²) in [7, 11) is 0. The van der Waals surface area contributed by atoms with Crippen molar-refractivity contribution in [3.8, 4) is 0 Å². The molecule has 2 atom stereocenters. The molecule has 0 bridgehead atoms. The fourth-order valence-corrected chi connectivity index (χ4v) is 3.43. The maximum absolute atomic E-state index is 13.6. The number of anilines is 1. The summed E-state index contributed by atoms with van der Waals surface area (Å²) in [4.78, 5) is 18.8. The molecule has 25 heavy (non-hydrogen) atoms. The van der Waals surface area contributed by atoms with Crippen molar-refractivity contribution < 1.29 is 9.18 Å². The Morgan fingerprint density at radius 2 is 2.16 bits per heavy atom. The van der Waals surface area contributed by atoms with Crippen molar-refractivity contribution in [1.82, 2.24) is 19.5 Å². The van der Waals surface area contributed by atoms with Gasteiger partial charge in [-0.1, -0.05) is 25.1 Å². The van der Waals surface area contributed by atoms with E-state index in [1.54, 1.807) is 21.7 Å². The third-order valence-electron chi connectivity index (χ3n) is 4.61. The lowest BCUT2D eigenvalue weighted by molar-refractivity contribution is 0.201. The maximum atomic E-state index is 13.6. The first kappa shape index (κ1) is 15.6. The number of nitrogens with one attached hydrogen (secondary N) is 1. The number of amides is 2. The average molecular weight is 339 g/mol. The molecule has 2 amide bonds. The molecule has 6 nitrogen and oxygen atoms in total. The number of hydrogen-bond donors (Lipinski definition) is 1. The largest absolute Gasteiger partial charge is 0.324 e. The first-order valence-electron chi connectivity index (χ1n) is 8.26. The molecule has 1 N–H and O–H groups in total. The summed E-state index contributed by atoms with van der Waals surface area (Å²) in [5.41, 5.74) is 1.47. The summed E-state index contributed by atoms with van der Waals surface area (Å²) >= 11 is 0. The quantitative estimate of drug-likeness (QED) is 0.777. The molecule has 1 fully saturated rings. The Hall–Kier alpha value is -2.96. The highest BCUT2D eigenvalue weighted by Gasteiger charge is 2.36. The van der Waals surface area contributed by atoms with Gasteiger partial charge in [-0.25, -0.2) is 13.7 Å². The third-order valence-corrected chi connectivity index (χ3v) is 4.61. The van der Waals surface area contributed by atoms with Crippen LogP contribution in [0.2, 0.25) is 0 Å². The van der Waals surface area contributed by atoms with E-state index in [1.165, 1.54) is 12.1 Å². The van der Waals surface area contributed by atoms with Gasteiger partial charge in [0.1, 0.15) is 5.82 Å². The molecule has 1 saturated heterocycles. The second-order valence-electron chi connectivity index (χ2n) is 6.33. The van der Waals surface area contributed by atoms with Gasteiger partial charge in [0.25, 0.3) is 5.95 Å². The Labute approximate surface area is 144 Å². The van der Waals surface area contributed by atoms with Crippen LogP contribution in [-0.2, 0) is 0 Å². The molecule has 1 aliphatic rings. The first-order valence-corrected chi connectivity index (χ1v) is 8.26. The predicted molar refractivity (Wildman–Crippen MR) is 91.6 cm³/mol. The average Bonchev–Trinajstić information content (AvgIpc) is 3.17. The standard InChI is InChI=1S/C18H18FN5O/c1-12-8-10-23(16(12)13-5-4-6-14(19)11-13)18(25)21-17-20-15-7-2-3-9-24(15)22-17/h2-7,9,11-12,16H,8,10H2,1H3,(H,21,22,25)/t12-,16-/m1/s1. The van der Waals surface area contributed by atoms with E-state index < -0.39 is 0 Å². The monoisotopic (exact) mass is 339 g/mol. The van der Waals surface area contributed by atoms with Crippen molar-refractivity contribution in [2.24, 2.45) is 5.92 Å². The van der Waals surface area contributed by atoms with Crippen molar-refractivity contribution in [3.63, 3.8) is 0 Å². The highest BCUT2D eigenvalue weighted by Crippen LogP contribution is 2.37. The van der Waals surface area contributed by atoms with Crippen molar-refractivity contribution in [2.45, 2.75) is 19.4 Å². The van der Waals surface area contributed by atoms with E-state index >= 15 is 0 Å². The number of pyridine rings is 1. The van der Waals surface area contributed by atoms with E-state index in [1.807, 2.05) is 24.3 Å². The lowest BCUT2D eigenvalue weighted by Gasteiger charge is -2.27. The molecule has 1 aliphatic heterocycles. The molecule has 0 saturated carbocycles. The van der Waals surface area contributed by atoms with Gasteiger partial charge >= 0.3 is 6.03 Å². The minimum atomic E-state index is -0.293. The van der Waals surface area contributed by atoms with Gasteiger partial charge in [-0.05, 0) is 42.2 Å². The number of nitrogens with zero attached hydrogens (tertiary/aromatic N) is 4.